The summed E-state index contributed by atoms with van der Waals surface area (Å²) < 4.78 is 74.4. The summed E-state index contributed by atoms with van der Waals surface area (Å²) in [6.07, 6.45) is -7.82. The molecule has 0 aliphatic heterocycles. The van der Waals surface area contributed by atoms with Crippen LogP contribution in [0.15, 0.2) is 24.3 Å². The van der Waals surface area contributed by atoms with Crippen molar-refractivity contribution in [3.63, 3.8) is 0 Å². The molecule has 0 aliphatic carbocycles. The molecule has 1 aromatic carbocycles. The molecule has 0 heterocycles. The van der Waals surface area contributed by atoms with Gasteiger partial charge in [0.1, 0.15) is 6.29 Å². The van der Waals surface area contributed by atoms with Crippen LogP contribution in [0.5, 0.6) is 0 Å². The van der Waals surface area contributed by atoms with Crippen LogP contribution in [0, 0.1) is 0 Å². The van der Waals surface area contributed by atoms with E-state index in [0.29, 0.717) is 12.1 Å². The maximum atomic E-state index is 12.4. The molecule has 0 spiro atoms. The predicted molar refractivity (Wildman–Crippen MR) is 51.5 cm³/mol. The number of allylic oxidation sites excluding steroid dienone is 1. The lowest BCUT2D eigenvalue weighted by atomic mass is 10.0. The molecule has 0 atom stereocenters. The molecule has 0 fully saturated rings. The maximum Gasteiger partial charge on any atom is 0.416 e. The van der Waals surface area contributed by atoms with Gasteiger partial charge in [-0.1, -0.05) is 6.08 Å². The van der Waals surface area contributed by atoms with Gasteiger partial charge in [0, 0.05) is 0 Å². The zero-order chi connectivity index (χ0) is 14.0. The van der Waals surface area contributed by atoms with Gasteiger partial charge in [-0.25, -0.2) is 0 Å². The van der Waals surface area contributed by atoms with E-state index in [-0.39, 0.29) is 17.9 Å². The smallest absolute Gasteiger partial charge is 0.299 e. The monoisotopic (exact) mass is 268 g/mol. The van der Waals surface area contributed by atoms with Crippen LogP contribution in [0.3, 0.4) is 0 Å². The molecular formula is C11H6F6O. The number of aldehydes is 1. The molecule has 0 saturated carbocycles. The first kappa shape index (κ1) is 14.3. The zero-order valence-electron chi connectivity index (χ0n) is 8.64. The topological polar surface area (TPSA) is 17.1 Å². The number of hydrogen-bond acceptors (Lipinski definition) is 1. The maximum absolute atomic E-state index is 12.4. The van der Waals surface area contributed by atoms with Crippen molar-refractivity contribution in [2.45, 2.75) is 12.4 Å². The van der Waals surface area contributed by atoms with E-state index in [1.165, 1.54) is 0 Å². The van der Waals surface area contributed by atoms with Crippen LogP contribution in [0.25, 0.3) is 6.08 Å². The van der Waals surface area contributed by atoms with E-state index in [2.05, 4.69) is 0 Å². The van der Waals surface area contributed by atoms with E-state index >= 15 is 0 Å². The minimum atomic E-state index is -4.88. The van der Waals surface area contributed by atoms with Crippen molar-refractivity contribution < 1.29 is 31.1 Å². The van der Waals surface area contributed by atoms with Gasteiger partial charge in [0.05, 0.1) is 11.1 Å². The third-order valence-electron chi connectivity index (χ3n) is 1.98. The minimum Gasteiger partial charge on any atom is -0.299 e. The number of rotatable bonds is 2. The standard InChI is InChI=1S/C11H6F6O/c12-10(13,14)8-4-7(2-1-3-18)5-9(6-8)11(15,16)17/h1-6H. The van der Waals surface area contributed by atoms with Crippen molar-refractivity contribution in [3.05, 3.63) is 41.0 Å². The summed E-state index contributed by atoms with van der Waals surface area (Å²) in [5.74, 6) is 0. The largest absolute Gasteiger partial charge is 0.416 e. The van der Waals surface area contributed by atoms with Gasteiger partial charge in [-0.3, -0.25) is 4.79 Å². The lowest BCUT2D eigenvalue weighted by Gasteiger charge is -2.12. The van der Waals surface area contributed by atoms with E-state index in [9.17, 15) is 31.1 Å². The van der Waals surface area contributed by atoms with Crippen LogP contribution < -0.4 is 0 Å². The highest BCUT2D eigenvalue weighted by atomic mass is 19.4. The van der Waals surface area contributed by atoms with Gasteiger partial charge in [0.2, 0.25) is 0 Å². The first-order chi connectivity index (χ1) is 8.14. The van der Waals surface area contributed by atoms with Crippen LogP contribution in [0.1, 0.15) is 16.7 Å². The van der Waals surface area contributed by atoms with E-state index in [1.807, 2.05) is 0 Å². The van der Waals surface area contributed by atoms with E-state index in [0.717, 1.165) is 12.2 Å². The molecule has 0 aliphatic rings. The number of alkyl halides is 6. The van der Waals surface area contributed by atoms with Crippen molar-refractivity contribution in [2.24, 2.45) is 0 Å². The molecule has 0 aromatic heterocycles. The van der Waals surface area contributed by atoms with Crippen molar-refractivity contribution in [1.82, 2.24) is 0 Å². The Morgan fingerprint density at radius 3 is 1.61 bits per heavy atom. The first-order valence-corrected chi connectivity index (χ1v) is 4.56. The normalized spacial score (nSPS) is 13.0. The Labute approximate surface area is 97.7 Å². The molecule has 1 rings (SSSR count). The average Bonchev–Trinajstić information content (AvgIpc) is 2.23. The van der Waals surface area contributed by atoms with Crippen LogP contribution in [0.4, 0.5) is 26.3 Å². The molecule has 0 radical (unpaired) electrons. The number of benzene rings is 1. The Balaban J connectivity index is 3.38. The minimum absolute atomic E-state index is 0.0260. The molecule has 0 saturated heterocycles. The lowest BCUT2D eigenvalue weighted by molar-refractivity contribution is -0.143. The Kier molecular flexibility index (Phi) is 3.83. The van der Waals surface area contributed by atoms with Crippen molar-refractivity contribution in [2.75, 3.05) is 0 Å². The van der Waals surface area contributed by atoms with Crippen LogP contribution >= 0.6 is 0 Å². The number of hydrogen-bond donors (Lipinski definition) is 0. The molecule has 1 nitrogen and oxygen atoms in total. The number of halogens is 6. The Hall–Kier alpha value is -1.79. The van der Waals surface area contributed by atoms with Gasteiger partial charge >= 0.3 is 12.4 Å². The molecule has 18 heavy (non-hydrogen) atoms. The van der Waals surface area contributed by atoms with Gasteiger partial charge in [0.15, 0.2) is 0 Å². The van der Waals surface area contributed by atoms with Crippen molar-refractivity contribution in [1.29, 1.82) is 0 Å². The molecule has 0 amide bonds. The summed E-state index contributed by atoms with van der Waals surface area (Å²) >= 11 is 0. The Bertz CT molecular complexity index is 437. The lowest BCUT2D eigenvalue weighted by Crippen LogP contribution is -2.11. The van der Waals surface area contributed by atoms with Crippen LogP contribution in [0.2, 0.25) is 0 Å². The molecular weight excluding hydrogens is 262 g/mol. The summed E-state index contributed by atoms with van der Waals surface area (Å²) in [5, 5.41) is 0. The van der Waals surface area contributed by atoms with Crippen LogP contribution in [-0.4, -0.2) is 6.29 Å². The highest BCUT2D eigenvalue weighted by Gasteiger charge is 2.36. The molecule has 7 heteroatoms. The second-order valence-electron chi connectivity index (χ2n) is 3.33. The number of carbonyl (C=O) groups excluding carboxylic acids is 1. The van der Waals surface area contributed by atoms with Crippen molar-refractivity contribution in [3.8, 4) is 0 Å². The van der Waals surface area contributed by atoms with Gasteiger partial charge in [-0.05, 0) is 29.8 Å². The quantitative estimate of drug-likeness (QED) is 0.451. The first-order valence-electron chi connectivity index (χ1n) is 4.56. The fraction of sp³-hybridized carbons (Fsp3) is 0.182. The summed E-state index contributed by atoms with van der Waals surface area (Å²) in [4.78, 5) is 10.0. The summed E-state index contributed by atoms with van der Waals surface area (Å²) in [5.41, 5.74) is -3.17. The molecule has 0 N–H and O–H groups in total. The Morgan fingerprint density at radius 1 is 0.833 bits per heavy atom. The van der Waals surface area contributed by atoms with Crippen LogP contribution in [-0.2, 0) is 17.1 Å². The van der Waals surface area contributed by atoms with Crippen molar-refractivity contribution >= 4 is 12.4 Å². The highest BCUT2D eigenvalue weighted by molar-refractivity contribution is 5.74. The van der Waals surface area contributed by atoms with E-state index in [4.69, 9.17) is 0 Å². The number of carbonyl (C=O) groups is 1. The predicted octanol–water partition coefficient (Wildman–Crippen LogP) is 3.94. The zero-order valence-corrected chi connectivity index (χ0v) is 8.64. The highest BCUT2D eigenvalue weighted by Crippen LogP contribution is 2.36. The summed E-state index contributed by atoms with van der Waals surface area (Å²) in [6.45, 7) is 0. The van der Waals surface area contributed by atoms with Gasteiger partial charge in [0.25, 0.3) is 0 Å². The fourth-order valence-electron chi connectivity index (χ4n) is 1.23. The third-order valence-corrected chi connectivity index (χ3v) is 1.98. The third kappa shape index (κ3) is 3.61. The van der Waals surface area contributed by atoms with E-state index < -0.39 is 23.5 Å². The van der Waals surface area contributed by atoms with Gasteiger partial charge in [-0.15, -0.1) is 0 Å². The second-order valence-corrected chi connectivity index (χ2v) is 3.33. The van der Waals surface area contributed by atoms with E-state index in [1.54, 1.807) is 0 Å². The molecule has 98 valence electrons. The Morgan fingerprint density at radius 2 is 1.28 bits per heavy atom. The second kappa shape index (κ2) is 4.83. The average molecular weight is 268 g/mol. The summed E-state index contributed by atoms with van der Waals surface area (Å²) in [7, 11) is 0. The molecule has 1 aromatic rings. The fourth-order valence-corrected chi connectivity index (χ4v) is 1.23. The summed E-state index contributed by atoms with van der Waals surface area (Å²) in [6, 6.07) is 1.10. The van der Waals surface area contributed by atoms with Gasteiger partial charge in [-0.2, -0.15) is 26.3 Å². The SMILES string of the molecule is O=CC=Cc1cc(C(F)(F)F)cc(C(F)(F)F)c1. The molecule has 0 bridgehead atoms. The van der Waals surface area contributed by atoms with Gasteiger partial charge < -0.3 is 0 Å². The molecule has 0 unspecified atom stereocenters.